The zero-order valence-corrected chi connectivity index (χ0v) is 20.8. The van der Waals surface area contributed by atoms with E-state index in [9.17, 15) is 40.7 Å². The number of carbonyl (C=O) groups is 3. The highest BCUT2D eigenvalue weighted by molar-refractivity contribution is 5.91. The van der Waals surface area contributed by atoms with E-state index in [1.54, 1.807) is 20.8 Å². The van der Waals surface area contributed by atoms with Gasteiger partial charge >= 0.3 is 24.4 Å². The molecular weight excluding hydrogens is 530 g/mol. The summed E-state index contributed by atoms with van der Waals surface area (Å²) in [5, 5.41) is 13.3. The zero-order valence-electron chi connectivity index (χ0n) is 20.8. The molecule has 1 saturated heterocycles. The molecule has 0 saturated carbocycles. The van der Waals surface area contributed by atoms with Crippen molar-refractivity contribution in [1.29, 1.82) is 0 Å². The van der Waals surface area contributed by atoms with Crippen LogP contribution in [0.3, 0.4) is 0 Å². The highest BCUT2D eigenvalue weighted by atomic mass is 19.4. The maximum absolute atomic E-state index is 13.1. The molecule has 0 radical (unpaired) electrons. The van der Waals surface area contributed by atoms with E-state index in [1.807, 2.05) is 0 Å². The minimum absolute atomic E-state index is 0.00709. The highest BCUT2D eigenvalue weighted by Crippen LogP contribution is 2.36. The Labute approximate surface area is 213 Å². The van der Waals surface area contributed by atoms with Crippen molar-refractivity contribution in [3.05, 3.63) is 11.6 Å². The van der Waals surface area contributed by atoms with Crippen LogP contribution >= 0.6 is 0 Å². The first-order valence-corrected chi connectivity index (χ1v) is 11.7. The summed E-state index contributed by atoms with van der Waals surface area (Å²) in [5.74, 6) is -2.50. The van der Waals surface area contributed by atoms with Crippen LogP contribution < -0.4 is 10.6 Å². The van der Waals surface area contributed by atoms with Gasteiger partial charge in [-0.1, -0.05) is 0 Å². The molecule has 1 fully saturated rings. The number of nitrogens with zero attached hydrogens (tertiary/aromatic N) is 4. The molecule has 0 aliphatic carbocycles. The summed E-state index contributed by atoms with van der Waals surface area (Å²) in [6.45, 7) is 5.87. The van der Waals surface area contributed by atoms with Gasteiger partial charge in [0.2, 0.25) is 5.82 Å². The van der Waals surface area contributed by atoms with Gasteiger partial charge in [-0.3, -0.25) is 14.5 Å². The normalized spacial score (nSPS) is 18.1. The number of alkyl halides is 6. The van der Waals surface area contributed by atoms with Crippen LogP contribution in [-0.4, -0.2) is 86.9 Å². The van der Waals surface area contributed by atoms with Crippen LogP contribution in [0.25, 0.3) is 0 Å². The molecule has 1 aromatic heterocycles. The second-order valence-electron chi connectivity index (χ2n) is 10.1. The highest BCUT2D eigenvalue weighted by Gasteiger charge is 2.60. The topological polar surface area (TPSA) is 128 Å². The molecule has 0 unspecified atom stereocenters. The van der Waals surface area contributed by atoms with Crippen LogP contribution in [0.1, 0.15) is 56.5 Å². The van der Waals surface area contributed by atoms with E-state index >= 15 is 0 Å². The summed E-state index contributed by atoms with van der Waals surface area (Å²) in [7, 11) is 0. The van der Waals surface area contributed by atoms with Crippen LogP contribution in [0, 0.1) is 0 Å². The van der Waals surface area contributed by atoms with Crippen LogP contribution in [-0.2, 0) is 27.4 Å². The lowest BCUT2D eigenvalue weighted by atomic mass is 9.85. The van der Waals surface area contributed by atoms with E-state index in [1.165, 1.54) is 9.47 Å². The first kappa shape index (κ1) is 29.4. The molecule has 214 valence electrons. The molecular formula is C21H28F6N6O5. The maximum Gasteiger partial charge on any atom is 0.434 e. The van der Waals surface area contributed by atoms with E-state index in [4.69, 9.17) is 4.74 Å². The Hall–Kier alpha value is -3.11. The van der Waals surface area contributed by atoms with Gasteiger partial charge in [0.25, 0.3) is 12.0 Å². The molecule has 3 heterocycles. The fraction of sp³-hybridized carbons (Fsp3) is 0.762. The molecule has 0 atom stereocenters. The van der Waals surface area contributed by atoms with E-state index in [2.05, 4.69) is 25.6 Å². The number of aromatic nitrogens is 3. The van der Waals surface area contributed by atoms with Gasteiger partial charge in [0.15, 0.2) is 5.82 Å². The fourth-order valence-corrected chi connectivity index (χ4v) is 4.12. The number of hydrogen-bond donors (Lipinski definition) is 2. The van der Waals surface area contributed by atoms with Gasteiger partial charge in [-0.2, -0.15) is 26.3 Å². The van der Waals surface area contributed by atoms with Crippen molar-refractivity contribution < 1.29 is 50.2 Å². The third kappa shape index (κ3) is 7.26. The lowest BCUT2D eigenvalue weighted by molar-refractivity contribution is -0.313. The first-order valence-electron chi connectivity index (χ1n) is 11.7. The Bertz CT molecular complexity index is 1030. The maximum atomic E-state index is 13.1. The molecule has 11 nitrogen and oxygen atoms in total. The molecule has 0 aromatic carbocycles. The van der Waals surface area contributed by atoms with Crippen LogP contribution in [0.5, 0.6) is 0 Å². The number of nitrogens with one attached hydrogen (secondary N) is 2. The number of hydrogen-bond acceptors (Lipinski definition) is 8. The van der Waals surface area contributed by atoms with Crippen molar-refractivity contribution in [2.75, 3.05) is 19.6 Å². The van der Waals surface area contributed by atoms with Gasteiger partial charge in [-0.15, -0.1) is 10.2 Å². The predicted octanol–water partition coefficient (Wildman–Crippen LogP) is 2.31. The van der Waals surface area contributed by atoms with Gasteiger partial charge in [0.05, 0.1) is 18.5 Å². The van der Waals surface area contributed by atoms with Gasteiger partial charge < -0.3 is 24.7 Å². The summed E-state index contributed by atoms with van der Waals surface area (Å²) in [6.07, 6.45) is -17.4. The van der Waals surface area contributed by atoms with Crippen molar-refractivity contribution in [3.63, 3.8) is 0 Å². The lowest BCUT2D eigenvalue weighted by Crippen LogP contribution is -2.57. The van der Waals surface area contributed by atoms with Crippen molar-refractivity contribution in [1.82, 2.24) is 30.3 Å². The molecule has 3 rings (SSSR count). The monoisotopic (exact) mass is 558 g/mol. The minimum atomic E-state index is -5.85. The van der Waals surface area contributed by atoms with Crippen molar-refractivity contribution >= 4 is 18.0 Å². The van der Waals surface area contributed by atoms with Crippen molar-refractivity contribution in [3.8, 4) is 0 Å². The Balaban J connectivity index is 1.73. The number of halogens is 6. The minimum Gasteiger partial charge on any atom is -0.444 e. The number of esters is 1. The van der Waals surface area contributed by atoms with Gasteiger partial charge in [-0.05, 0) is 46.7 Å². The van der Waals surface area contributed by atoms with Gasteiger partial charge in [0, 0.05) is 13.1 Å². The number of ether oxygens (including phenoxy) is 2. The Kier molecular flexibility index (Phi) is 8.19. The van der Waals surface area contributed by atoms with Crippen LogP contribution in [0.15, 0.2) is 0 Å². The first-order chi connectivity index (χ1) is 17.4. The number of piperidine rings is 1. The average Bonchev–Trinajstić information content (AvgIpc) is 3.19. The van der Waals surface area contributed by atoms with E-state index in [0.29, 0.717) is 0 Å². The summed E-state index contributed by atoms with van der Waals surface area (Å²) in [5.41, 5.74) is -2.21. The van der Waals surface area contributed by atoms with Gasteiger partial charge in [0.1, 0.15) is 5.60 Å². The third-order valence-electron chi connectivity index (χ3n) is 5.87. The standard InChI is InChI=1S/C21H28F6N6O5/c1-18(2,3)38-17(36)32-8-9-33-12(11-32)30-31-14(33)15(35)29-19(4-6-28-7-5-19)10-13(34)37-16(20(22,23)24)21(25,26)27/h16,28H,4-11H2,1-3H3,(H,29,35). The number of rotatable bonds is 5. The predicted molar refractivity (Wildman–Crippen MR) is 116 cm³/mol. The molecule has 2 aliphatic heterocycles. The van der Waals surface area contributed by atoms with Gasteiger partial charge in [-0.25, -0.2) is 4.79 Å². The average molecular weight is 558 g/mol. The molecule has 38 heavy (non-hydrogen) atoms. The Morgan fingerprint density at radius 3 is 2.18 bits per heavy atom. The zero-order chi connectivity index (χ0) is 28.5. The summed E-state index contributed by atoms with van der Waals surface area (Å²) < 4.78 is 87.6. The fourth-order valence-electron chi connectivity index (χ4n) is 4.12. The second-order valence-corrected chi connectivity index (χ2v) is 10.1. The number of carbonyl (C=O) groups excluding carboxylic acids is 3. The number of fused-ring (bicyclic) bond motifs is 1. The molecule has 2 N–H and O–H groups in total. The summed E-state index contributed by atoms with van der Waals surface area (Å²) in [4.78, 5) is 39.1. The largest absolute Gasteiger partial charge is 0.444 e. The SMILES string of the molecule is CC(C)(C)OC(=O)N1CCn2c(nnc2C(=O)NC2(CC(=O)OC(C(F)(F)F)C(F)(F)F)CCNCC2)C1. The van der Waals surface area contributed by atoms with Crippen molar-refractivity contribution in [2.45, 2.75) is 82.7 Å². The third-order valence-corrected chi connectivity index (χ3v) is 5.87. The van der Waals surface area contributed by atoms with E-state index in [0.717, 1.165) is 0 Å². The van der Waals surface area contributed by atoms with Crippen LogP contribution in [0.2, 0.25) is 0 Å². The molecule has 2 aliphatic rings. The molecule has 17 heteroatoms. The summed E-state index contributed by atoms with van der Waals surface area (Å²) in [6, 6.07) is 0. The molecule has 0 spiro atoms. The smallest absolute Gasteiger partial charge is 0.434 e. The van der Waals surface area contributed by atoms with E-state index in [-0.39, 0.29) is 57.2 Å². The Morgan fingerprint density at radius 1 is 1.03 bits per heavy atom. The van der Waals surface area contributed by atoms with Crippen LogP contribution in [0.4, 0.5) is 31.1 Å². The molecule has 0 bridgehead atoms. The lowest BCUT2D eigenvalue weighted by Gasteiger charge is -2.38. The molecule has 1 aromatic rings. The summed E-state index contributed by atoms with van der Waals surface area (Å²) >= 11 is 0. The quantitative estimate of drug-likeness (QED) is 0.417. The molecule has 2 amide bonds. The number of amides is 2. The Morgan fingerprint density at radius 2 is 1.63 bits per heavy atom. The second kappa shape index (κ2) is 10.6. The van der Waals surface area contributed by atoms with E-state index < -0.39 is 54.0 Å². The van der Waals surface area contributed by atoms with Crippen molar-refractivity contribution in [2.24, 2.45) is 0 Å².